The van der Waals surface area contributed by atoms with Crippen LogP contribution in [0.1, 0.15) is 24.1 Å². The number of benzene rings is 1. The van der Waals surface area contributed by atoms with Crippen molar-refractivity contribution in [3.8, 4) is 16.3 Å². The third-order valence-electron chi connectivity index (χ3n) is 3.91. The first-order valence-corrected chi connectivity index (χ1v) is 9.40. The van der Waals surface area contributed by atoms with Crippen LogP contribution in [0.25, 0.3) is 10.6 Å². The van der Waals surface area contributed by atoms with E-state index < -0.39 is 0 Å². The number of aryl methyl sites for hydroxylation is 1. The van der Waals surface area contributed by atoms with Gasteiger partial charge in [-0.3, -0.25) is 4.79 Å². The van der Waals surface area contributed by atoms with Crippen molar-refractivity contribution in [2.45, 2.75) is 26.8 Å². The highest BCUT2D eigenvalue weighted by Gasteiger charge is 2.14. The largest absolute Gasteiger partial charge is 0.494 e. The van der Waals surface area contributed by atoms with Gasteiger partial charge in [-0.25, -0.2) is 4.98 Å². The molecule has 0 aliphatic heterocycles. The molecule has 136 valence electrons. The molecule has 0 saturated heterocycles. The topological polar surface area (TPSA) is 55.6 Å². The van der Waals surface area contributed by atoms with Gasteiger partial charge in [-0.05, 0) is 50.2 Å². The average Bonchev–Trinajstić information content (AvgIpc) is 3.25. The molecule has 0 aliphatic rings. The van der Waals surface area contributed by atoms with Gasteiger partial charge in [0.05, 0.1) is 25.3 Å². The van der Waals surface area contributed by atoms with Crippen molar-refractivity contribution >= 4 is 17.2 Å². The van der Waals surface area contributed by atoms with E-state index in [0.717, 1.165) is 33.5 Å². The monoisotopic (exact) mass is 370 g/mol. The molecule has 1 aromatic carbocycles. The molecule has 1 amide bonds. The number of likely N-dealkylation sites (N-methyl/N-ethyl adjacent to an activating group) is 1. The molecule has 2 heterocycles. The SMILES string of the molecule is CCOc1ccc(-c2nc(CC(=O)N(C)Cc3ccc(C)o3)cs2)cc1. The van der Waals surface area contributed by atoms with Gasteiger partial charge < -0.3 is 14.1 Å². The molecule has 6 heteroatoms. The zero-order valence-electron chi connectivity index (χ0n) is 15.2. The van der Waals surface area contributed by atoms with Crippen LogP contribution in [0.4, 0.5) is 0 Å². The van der Waals surface area contributed by atoms with Gasteiger partial charge in [-0.2, -0.15) is 0 Å². The van der Waals surface area contributed by atoms with Crippen LogP contribution < -0.4 is 4.74 Å². The van der Waals surface area contributed by atoms with Crippen molar-refractivity contribution in [3.63, 3.8) is 0 Å². The molecule has 0 unspecified atom stereocenters. The summed E-state index contributed by atoms with van der Waals surface area (Å²) in [7, 11) is 1.78. The molecule has 0 saturated carbocycles. The molecule has 0 aliphatic carbocycles. The quantitative estimate of drug-likeness (QED) is 0.622. The van der Waals surface area contributed by atoms with E-state index in [1.807, 2.05) is 55.6 Å². The molecule has 3 rings (SSSR count). The number of hydrogen-bond acceptors (Lipinski definition) is 5. The molecular weight excluding hydrogens is 348 g/mol. The lowest BCUT2D eigenvalue weighted by Crippen LogP contribution is -2.27. The van der Waals surface area contributed by atoms with Gasteiger partial charge in [-0.15, -0.1) is 11.3 Å². The molecule has 26 heavy (non-hydrogen) atoms. The van der Waals surface area contributed by atoms with Gasteiger partial charge >= 0.3 is 0 Å². The highest BCUT2D eigenvalue weighted by molar-refractivity contribution is 7.13. The van der Waals surface area contributed by atoms with E-state index in [4.69, 9.17) is 9.15 Å². The maximum atomic E-state index is 12.4. The van der Waals surface area contributed by atoms with Crippen molar-refractivity contribution in [2.75, 3.05) is 13.7 Å². The second kappa shape index (κ2) is 8.19. The summed E-state index contributed by atoms with van der Waals surface area (Å²) >= 11 is 1.54. The number of amides is 1. The Bertz CT molecular complexity index is 867. The first-order chi connectivity index (χ1) is 12.5. The zero-order valence-corrected chi connectivity index (χ0v) is 16.0. The lowest BCUT2D eigenvalue weighted by atomic mass is 10.2. The minimum absolute atomic E-state index is 0.0163. The van der Waals surface area contributed by atoms with Crippen LogP contribution >= 0.6 is 11.3 Å². The highest BCUT2D eigenvalue weighted by atomic mass is 32.1. The first-order valence-electron chi connectivity index (χ1n) is 8.52. The molecule has 3 aromatic rings. The summed E-state index contributed by atoms with van der Waals surface area (Å²) in [5, 5.41) is 2.84. The lowest BCUT2D eigenvalue weighted by Gasteiger charge is -2.14. The Morgan fingerprint density at radius 2 is 2.00 bits per heavy atom. The molecule has 0 atom stereocenters. The Morgan fingerprint density at radius 1 is 1.23 bits per heavy atom. The van der Waals surface area contributed by atoms with Gasteiger partial charge in [0.2, 0.25) is 5.91 Å². The second-order valence-corrected chi connectivity index (χ2v) is 6.90. The van der Waals surface area contributed by atoms with Crippen LogP contribution in [0.15, 0.2) is 46.2 Å². The smallest absolute Gasteiger partial charge is 0.228 e. The van der Waals surface area contributed by atoms with Crippen LogP contribution in [0.3, 0.4) is 0 Å². The number of carbonyl (C=O) groups is 1. The Morgan fingerprint density at radius 3 is 2.65 bits per heavy atom. The van der Waals surface area contributed by atoms with E-state index in [9.17, 15) is 4.79 Å². The third-order valence-corrected chi connectivity index (χ3v) is 4.85. The fourth-order valence-corrected chi connectivity index (χ4v) is 3.39. The van der Waals surface area contributed by atoms with Gasteiger partial charge in [0.15, 0.2) is 0 Å². The second-order valence-electron chi connectivity index (χ2n) is 6.04. The summed E-state index contributed by atoms with van der Waals surface area (Å²) in [6.45, 7) is 4.96. The van der Waals surface area contributed by atoms with E-state index in [1.54, 1.807) is 23.3 Å². The zero-order chi connectivity index (χ0) is 18.5. The number of carbonyl (C=O) groups excluding carboxylic acids is 1. The fraction of sp³-hybridized carbons (Fsp3) is 0.300. The van der Waals surface area contributed by atoms with E-state index in [1.165, 1.54) is 0 Å². The van der Waals surface area contributed by atoms with Gasteiger partial charge in [0, 0.05) is 18.0 Å². The van der Waals surface area contributed by atoms with Crippen molar-refractivity contribution in [3.05, 3.63) is 59.0 Å². The minimum Gasteiger partial charge on any atom is -0.494 e. The minimum atomic E-state index is 0.0163. The number of aromatic nitrogens is 1. The van der Waals surface area contributed by atoms with Crippen LogP contribution in [0.2, 0.25) is 0 Å². The van der Waals surface area contributed by atoms with Crippen molar-refractivity contribution < 1.29 is 13.9 Å². The maximum absolute atomic E-state index is 12.4. The summed E-state index contributed by atoms with van der Waals surface area (Å²) in [6, 6.07) is 11.6. The fourth-order valence-electron chi connectivity index (χ4n) is 2.56. The normalized spacial score (nSPS) is 10.7. The van der Waals surface area contributed by atoms with Gasteiger partial charge in [-0.1, -0.05) is 0 Å². The molecule has 0 spiro atoms. The number of thiazole rings is 1. The summed E-state index contributed by atoms with van der Waals surface area (Å²) < 4.78 is 11.0. The standard InChI is InChI=1S/C20H22N2O3S/c1-4-24-17-9-6-15(7-10-17)20-21-16(13-26-20)11-19(23)22(3)12-18-8-5-14(2)25-18/h5-10,13H,4,11-12H2,1-3H3. The van der Waals surface area contributed by atoms with Crippen molar-refractivity contribution in [1.29, 1.82) is 0 Å². The number of nitrogens with zero attached hydrogens (tertiary/aromatic N) is 2. The number of hydrogen-bond donors (Lipinski definition) is 0. The molecule has 0 radical (unpaired) electrons. The molecule has 0 N–H and O–H groups in total. The average molecular weight is 370 g/mol. The van der Waals surface area contributed by atoms with Crippen LogP contribution in [0.5, 0.6) is 5.75 Å². The van der Waals surface area contributed by atoms with E-state index in [-0.39, 0.29) is 12.3 Å². The van der Waals surface area contributed by atoms with Gasteiger partial charge in [0.25, 0.3) is 0 Å². The predicted molar refractivity (Wildman–Crippen MR) is 102 cm³/mol. The lowest BCUT2D eigenvalue weighted by molar-refractivity contribution is -0.129. The van der Waals surface area contributed by atoms with Crippen LogP contribution in [-0.2, 0) is 17.8 Å². The summed E-state index contributed by atoms with van der Waals surface area (Å²) in [4.78, 5) is 18.7. The summed E-state index contributed by atoms with van der Waals surface area (Å²) in [5.74, 6) is 2.49. The van der Waals surface area contributed by atoms with Gasteiger partial charge in [0.1, 0.15) is 22.3 Å². The Labute approximate surface area is 157 Å². The number of furan rings is 1. The van der Waals surface area contributed by atoms with Crippen LogP contribution in [-0.4, -0.2) is 29.4 Å². The summed E-state index contributed by atoms with van der Waals surface area (Å²) in [6.07, 6.45) is 0.281. The summed E-state index contributed by atoms with van der Waals surface area (Å²) in [5.41, 5.74) is 1.81. The Kier molecular flexibility index (Phi) is 5.73. The van der Waals surface area contributed by atoms with Crippen LogP contribution in [0, 0.1) is 6.92 Å². The first kappa shape index (κ1) is 18.2. The Hall–Kier alpha value is -2.60. The van der Waals surface area contributed by atoms with E-state index in [0.29, 0.717) is 13.2 Å². The van der Waals surface area contributed by atoms with E-state index >= 15 is 0 Å². The molecule has 5 nitrogen and oxygen atoms in total. The van der Waals surface area contributed by atoms with Crippen molar-refractivity contribution in [2.24, 2.45) is 0 Å². The Balaban J connectivity index is 1.61. The number of ether oxygens (including phenoxy) is 1. The predicted octanol–water partition coefficient (Wildman–Crippen LogP) is 4.31. The number of rotatable bonds is 7. The molecule has 2 aromatic heterocycles. The van der Waals surface area contributed by atoms with Crippen molar-refractivity contribution in [1.82, 2.24) is 9.88 Å². The molecular formula is C20H22N2O3S. The van der Waals surface area contributed by atoms with E-state index in [2.05, 4.69) is 4.98 Å². The highest BCUT2D eigenvalue weighted by Crippen LogP contribution is 2.26. The molecule has 0 bridgehead atoms. The maximum Gasteiger partial charge on any atom is 0.228 e. The third kappa shape index (κ3) is 4.52. The molecule has 0 fully saturated rings.